The Morgan fingerprint density at radius 3 is 2.38 bits per heavy atom. The molecule has 1 heterocycles. The Labute approximate surface area is 157 Å². The van der Waals surface area contributed by atoms with Gasteiger partial charge in [-0.1, -0.05) is 25.4 Å². The fourth-order valence-electron chi connectivity index (χ4n) is 2.83. The summed E-state index contributed by atoms with van der Waals surface area (Å²) < 4.78 is 27.9. The number of nitro benzene ring substituents is 1. The zero-order valence-electron chi connectivity index (χ0n) is 14.9. The van der Waals surface area contributed by atoms with Gasteiger partial charge in [-0.15, -0.1) is 0 Å². The molecule has 1 amide bonds. The number of sulfonamides is 1. The second-order valence-corrected chi connectivity index (χ2v) is 8.80. The zero-order valence-corrected chi connectivity index (χ0v) is 16.4. The highest BCUT2D eigenvalue weighted by Crippen LogP contribution is 2.30. The second-order valence-electron chi connectivity index (χ2n) is 6.68. The van der Waals surface area contributed by atoms with E-state index in [2.05, 4.69) is 4.72 Å². The number of nitrogens with zero attached hydrogens (tertiary/aromatic N) is 2. The Morgan fingerprint density at radius 1 is 1.31 bits per heavy atom. The smallest absolute Gasteiger partial charge is 0.275 e. The Hall–Kier alpha value is -1.71. The molecule has 1 atom stereocenters. The first-order chi connectivity index (χ1) is 12.0. The highest BCUT2D eigenvalue weighted by molar-refractivity contribution is 7.89. The number of nitrogens with one attached hydrogen (secondary N) is 1. The Kier molecular flexibility index (Phi) is 6.25. The molecule has 0 aromatic heterocycles. The van der Waals surface area contributed by atoms with Crippen molar-refractivity contribution in [3.63, 3.8) is 0 Å². The molecule has 1 aromatic rings. The van der Waals surface area contributed by atoms with Crippen LogP contribution in [0, 0.1) is 23.0 Å². The van der Waals surface area contributed by atoms with Crippen LogP contribution in [0.4, 0.5) is 5.69 Å². The number of rotatable bonds is 6. The molecule has 26 heavy (non-hydrogen) atoms. The molecule has 0 unspecified atom stereocenters. The molecular formula is C16H22ClN3O5S. The second kappa shape index (κ2) is 7.89. The molecule has 1 aliphatic heterocycles. The largest absolute Gasteiger partial charge is 0.341 e. The summed E-state index contributed by atoms with van der Waals surface area (Å²) in [5.74, 6) is -0.567. The van der Waals surface area contributed by atoms with Crippen LogP contribution < -0.4 is 4.72 Å². The molecule has 0 aliphatic carbocycles. The van der Waals surface area contributed by atoms with Crippen molar-refractivity contribution in [2.75, 3.05) is 13.1 Å². The van der Waals surface area contributed by atoms with Crippen molar-refractivity contribution in [3.05, 3.63) is 32.8 Å². The highest BCUT2D eigenvalue weighted by Gasteiger charge is 2.33. The summed E-state index contributed by atoms with van der Waals surface area (Å²) in [6.07, 6.45) is 1.78. The van der Waals surface area contributed by atoms with Gasteiger partial charge in [0.15, 0.2) is 0 Å². The predicted molar refractivity (Wildman–Crippen MR) is 97.6 cm³/mol. The van der Waals surface area contributed by atoms with Crippen LogP contribution in [0.25, 0.3) is 0 Å². The van der Waals surface area contributed by atoms with E-state index in [9.17, 15) is 23.3 Å². The summed E-state index contributed by atoms with van der Waals surface area (Å²) in [6.45, 7) is 6.13. The van der Waals surface area contributed by atoms with Crippen LogP contribution >= 0.6 is 11.6 Å². The summed E-state index contributed by atoms with van der Waals surface area (Å²) in [5, 5.41) is 11.1. The van der Waals surface area contributed by atoms with Crippen molar-refractivity contribution in [1.82, 2.24) is 9.62 Å². The number of hydrogen-bond acceptors (Lipinski definition) is 5. The maximum absolute atomic E-state index is 12.7. The van der Waals surface area contributed by atoms with Crippen molar-refractivity contribution in [3.8, 4) is 0 Å². The molecule has 144 valence electrons. The summed E-state index contributed by atoms with van der Waals surface area (Å²) in [5.41, 5.74) is -0.200. The monoisotopic (exact) mass is 403 g/mol. The van der Waals surface area contributed by atoms with E-state index in [1.54, 1.807) is 18.7 Å². The molecule has 1 fully saturated rings. The minimum Gasteiger partial charge on any atom is -0.341 e. The maximum Gasteiger partial charge on any atom is 0.275 e. The van der Waals surface area contributed by atoms with Gasteiger partial charge in [-0.05, 0) is 31.7 Å². The van der Waals surface area contributed by atoms with Crippen molar-refractivity contribution in [1.29, 1.82) is 0 Å². The molecule has 1 saturated heterocycles. The van der Waals surface area contributed by atoms with Crippen molar-refractivity contribution in [2.45, 2.75) is 44.6 Å². The average molecular weight is 404 g/mol. The van der Waals surface area contributed by atoms with E-state index < -0.39 is 21.0 Å². The number of benzene rings is 1. The van der Waals surface area contributed by atoms with Gasteiger partial charge in [-0.2, -0.15) is 4.72 Å². The Balaban J connectivity index is 2.36. The lowest BCUT2D eigenvalue weighted by molar-refractivity contribution is -0.385. The summed E-state index contributed by atoms with van der Waals surface area (Å²) in [4.78, 5) is 24.4. The molecule has 1 N–H and O–H groups in total. The van der Waals surface area contributed by atoms with Crippen molar-refractivity contribution >= 4 is 33.2 Å². The zero-order chi connectivity index (χ0) is 19.6. The lowest BCUT2D eigenvalue weighted by Gasteiger charge is -2.26. The number of nitro groups is 1. The van der Waals surface area contributed by atoms with Crippen molar-refractivity contribution < 1.29 is 18.1 Å². The van der Waals surface area contributed by atoms with Gasteiger partial charge in [0.1, 0.15) is 6.04 Å². The van der Waals surface area contributed by atoms with Crippen LogP contribution in [0.5, 0.6) is 0 Å². The number of likely N-dealkylation sites (tertiary alicyclic amines) is 1. The third kappa shape index (κ3) is 4.33. The van der Waals surface area contributed by atoms with E-state index >= 15 is 0 Å². The van der Waals surface area contributed by atoms with Gasteiger partial charge in [0.2, 0.25) is 15.9 Å². The first kappa shape index (κ1) is 20.6. The van der Waals surface area contributed by atoms with Gasteiger partial charge in [0, 0.05) is 24.7 Å². The number of hydrogen-bond donors (Lipinski definition) is 1. The fourth-order valence-corrected chi connectivity index (χ4v) is 4.49. The molecule has 10 heteroatoms. The summed E-state index contributed by atoms with van der Waals surface area (Å²) >= 11 is 5.96. The van der Waals surface area contributed by atoms with E-state index in [1.807, 2.05) is 0 Å². The molecule has 8 nitrogen and oxygen atoms in total. The van der Waals surface area contributed by atoms with Gasteiger partial charge >= 0.3 is 0 Å². The quantitative estimate of drug-likeness (QED) is 0.579. The van der Waals surface area contributed by atoms with Crippen LogP contribution in [-0.4, -0.2) is 43.3 Å². The average Bonchev–Trinajstić information content (AvgIpc) is 3.08. The van der Waals surface area contributed by atoms with Crippen LogP contribution in [0.1, 0.15) is 32.3 Å². The maximum atomic E-state index is 12.7. The Morgan fingerprint density at radius 2 is 1.88 bits per heavy atom. The normalized spacial score (nSPS) is 16.1. The summed E-state index contributed by atoms with van der Waals surface area (Å²) in [6, 6.07) is 1.17. The number of carbonyl (C=O) groups excluding carboxylic acids is 1. The minimum absolute atomic E-state index is 0.0217. The van der Waals surface area contributed by atoms with Crippen molar-refractivity contribution in [2.24, 2.45) is 5.92 Å². The van der Waals surface area contributed by atoms with Crippen LogP contribution in [0.2, 0.25) is 5.02 Å². The third-order valence-electron chi connectivity index (χ3n) is 4.43. The molecule has 1 aliphatic rings. The van der Waals surface area contributed by atoms with Gasteiger partial charge in [0.05, 0.1) is 14.8 Å². The van der Waals surface area contributed by atoms with E-state index in [0.717, 1.165) is 25.0 Å². The van der Waals surface area contributed by atoms with Crippen LogP contribution in [0.15, 0.2) is 17.0 Å². The van der Waals surface area contributed by atoms with E-state index in [1.165, 1.54) is 6.92 Å². The molecule has 2 rings (SSSR count). The first-order valence-electron chi connectivity index (χ1n) is 8.30. The molecular weight excluding hydrogens is 382 g/mol. The SMILES string of the molecule is Cc1c(Cl)cc(S(=O)(=O)N[C@H](C(=O)N2CCCC2)C(C)C)cc1[N+](=O)[O-]. The standard InChI is InChI=1S/C16H22ClN3O5S/c1-10(2)15(16(21)19-6-4-5-7-19)18-26(24,25)12-8-13(17)11(3)14(9-12)20(22)23/h8-10,15,18H,4-7H2,1-3H3/t15-/m0/s1. The third-order valence-corrected chi connectivity index (χ3v) is 6.24. The van der Waals surface area contributed by atoms with E-state index in [0.29, 0.717) is 13.1 Å². The first-order valence-corrected chi connectivity index (χ1v) is 10.2. The van der Waals surface area contributed by atoms with Crippen LogP contribution in [-0.2, 0) is 14.8 Å². The molecule has 0 saturated carbocycles. The van der Waals surface area contributed by atoms with Gasteiger partial charge in [-0.25, -0.2) is 8.42 Å². The molecule has 1 aromatic carbocycles. The minimum atomic E-state index is -4.16. The predicted octanol–water partition coefficient (Wildman–Crippen LogP) is 2.48. The lowest BCUT2D eigenvalue weighted by atomic mass is 10.0. The number of halogens is 1. The van der Waals surface area contributed by atoms with Gasteiger partial charge in [-0.3, -0.25) is 14.9 Å². The number of amides is 1. The Bertz CT molecular complexity index is 819. The molecule has 0 spiro atoms. The van der Waals surface area contributed by atoms with Gasteiger partial charge in [0.25, 0.3) is 5.69 Å². The molecule has 0 bridgehead atoms. The topological polar surface area (TPSA) is 110 Å². The van der Waals surface area contributed by atoms with Crippen LogP contribution in [0.3, 0.4) is 0 Å². The lowest BCUT2D eigenvalue weighted by Crippen LogP contribution is -2.50. The number of carbonyl (C=O) groups is 1. The van der Waals surface area contributed by atoms with Gasteiger partial charge < -0.3 is 4.90 Å². The highest BCUT2D eigenvalue weighted by atomic mass is 35.5. The van der Waals surface area contributed by atoms with E-state index in [4.69, 9.17) is 11.6 Å². The molecule has 0 radical (unpaired) electrons. The fraction of sp³-hybridized carbons (Fsp3) is 0.562. The summed E-state index contributed by atoms with van der Waals surface area (Å²) in [7, 11) is -4.16. The van der Waals surface area contributed by atoms with E-state index in [-0.39, 0.29) is 33.0 Å².